The van der Waals surface area contributed by atoms with E-state index in [-0.39, 0.29) is 12.5 Å². The highest BCUT2D eigenvalue weighted by Crippen LogP contribution is 2.17. The highest BCUT2D eigenvalue weighted by molar-refractivity contribution is 5.96. The number of aryl methyl sites for hydroxylation is 1. The highest BCUT2D eigenvalue weighted by Gasteiger charge is 2.28. The molecule has 0 aromatic carbocycles. The highest BCUT2D eigenvalue weighted by atomic mass is 16.3. The van der Waals surface area contributed by atoms with Gasteiger partial charge in [0.1, 0.15) is 0 Å². The van der Waals surface area contributed by atoms with Crippen LogP contribution in [0.3, 0.4) is 0 Å². The minimum absolute atomic E-state index is 0.0828. The van der Waals surface area contributed by atoms with E-state index in [9.17, 15) is 9.90 Å². The number of aliphatic hydroxyl groups excluding tert-OH is 1. The normalized spacial score (nSPS) is 11.3. The first kappa shape index (κ1) is 14.4. The van der Waals surface area contributed by atoms with Crippen LogP contribution in [-0.2, 0) is 0 Å². The molecule has 4 N–H and O–H groups in total. The van der Waals surface area contributed by atoms with Gasteiger partial charge < -0.3 is 16.2 Å². The first-order chi connectivity index (χ1) is 8.48. The van der Waals surface area contributed by atoms with E-state index in [1.54, 1.807) is 13.0 Å². The fraction of sp³-hybridized carbons (Fsp3) is 0.538. The summed E-state index contributed by atoms with van der Waals surface area (Å²) in [6, 6.07) is 1.60. The van der Waals surface area contributed by atoms with Gasteiger partial charge in [-0.25, -0.2) is 0 Å². The maximum absolute atomic E-state index is 12.2. The second-order valence-electron chi connectivity index (χ2n) is 4.50. The number of amides is 1. The molecule has 0 aliphatic carbocycles. The molecule has 100 valence electrons. The van der Waals surface area contributed by atoms with Crippen molar-refractivity contribution in [2.24, 2.45) is 0 Å². The van der Waals surface area contributed by atoms with Crippen molar-refractivity contribution in [2.45, 2.75) is 39.2 Å². The summed E-state index contributed by atoms with van der Waals surface area (Å²) in [5, 5.41) is 12.3. The maximum atomic E-state index is 12.2. The van der Waals surface area contributed by atoms with E-state index in [2.05, 4.69) is 10.3 Å². The molecule has 0 radical (unpaired) electrons. The van der Waals surface area contributed by atoms with Gasteiger partial charge >= 0.3 is 0 Å². The SMILES string of the molecule is CCC(CC)(CO)NC(=O)c1cc(N)cnc1C. The van der Waals surface area contributed by atoms with Crippen LogP contribution in [0.4, 0.5) is 5.69 Å². The number of carbonyl (C=O) groups excluding carboxylic acids is 1. The number of anilines is 1. The average molecular weight is 251 g/mol. The van der Waals surface area contributed by atoms with Crippen LogP contribution in [0.25, 0.3) is 0 Å². The summed E-state index contributed by atoms with van der Waals surface area (Å²) in [7, 11) is 0. The van der Waals surface area contributed by atoms with E-state index in [1.165, 1.54) is 6.20 Å². The number of rotatable bonds is 5. The summed E-state index contributed by atoms with van der Waals surface area (Å²) in [5.41, 5.74) is 6.59. The third-order valence-corrected chi connectivity index (χ3v) is 3.39. The van der Waals surface area contributed by atoms with Gasteiger partial charge in [-0.15, -0.1) is 0 Å². The van der Waals surface area contributed by atoms with Gasteiger partial charge in [-0.2, -0.15) is 0 Å². The van der Waals surface area contributed by atoms with Gasteiger partial charge in [0.15, 0.2) is 0 Å². The molecule has 1 aromatic heterocycles. The van der Waals surface area contributed by atoms with Gasteiger partial charge in [-0.3, -0.25) is 9.78 Å². The molecule has 0 bridgehead atoms. The zero-order chi connectivity index (χ0) is 13.8. The Kier molecular flexibility index (Phi) is 4.67. The van der Waals surface area contributed by atoms with Gasteiger partial charge in [-0.1, -0.05) is 13.8 Å². The molecule has 18 heavy (non-hydrogen) atoms. The Bertz CT molecular complexity index is 420. The minimum Gasteiger partial charge on any atom is -0.397 e. The Balaban J connectivity index is 2.97. The second kappa shape index (κ2) is 5.82. The quantitative estimate of drug-likeness (QED) is 0.735. The summed E-state index contributed by atoms with van der Waals surface area (Å²) in [5.74, 6) is -0.245. The smallest absolute Gasteiger partial charge is 0.253 e. The number of aromatic nitrogens is 1. The van der Waals surface area contributed by atoms with Gasteiger partial charge in [0.2, 0.25) is 0 Å². The second-order valence-corrected chi connectivity index (χ2v) is 4.50. The minimum atomic E-state index is -0.575. The zero-order valence-electron chi connectivity index (χ0n) is 11.2. The van der Waals surface area contributed by atoms with Crippen molar-refractivity contribution in [3.8, 4) is 0 Å². The molecule has 0 spiro atoms. The van der Waals surface area contributed by atoms with Gasteiger partial charge in [0, 0.05) is 0 Å². The Hall–Kier alpha value is -1.62. The number of nitrogens with one attached hydrogen (secondary N) is 1. The van der Waals surface area contributed by atoms with Crippen LogP contribution >= 0.6 is 0 Å². The summed E-state index contributed by atoms with van der Waals surface area (Å²) in [4.78, 5) is 16.3. The molecule has 0 atom stereocenters. The lowest BCUT2D eigenvalue weighted by molar-refractivity contribution is 0.0817. The van der Waals surface area contributed by atoms with E-state index in [1.807, 2.05) is 13.8 Å². The van der Waals surface area contributed by atoms with Crippen molar-refractivity contribution < 1.29 is 9.90 Å². The van der Waals surface area contributed by atoms with E-state index in [0.29, 0.717) is 29.8 Å². The fourth-order valence-electron chi connectivity index (χ4n) is 1.78. The van der Waals surface area contributed by atoms with Crippen molar-refractivity contribution >= 4 is 11.6 Å². The monoisotopic (exact) mass is 251 g/mol. The first-order valence-electron chi connectivity index (χ1n) is 6.13. The van der Waals surface area contributed by atoms with Crippen LogP contribution in [-0.4, -0.2) is 28.1 Å². The van der Waals surface area contributed by atoms with Crippen molar-refractivity contribution in [2.75, 3.05) is 12.3 Å². The summed E-state index contributed by atoms with van der Waals surface area (Å²) >= 11 is 0. The number of aliphatic hydroxyl groups is 1. The summed E-state index contributed by atoms with van der Waals surface area (Å²) in [6.07, 6.45) is 2.85. The predicted octanol–water partition coefficient (Wildman–Crippen LogP) is 1.25. The van der Waals surface area contributed by atoms with E-state index >= 15 is 0 Å². The topological polar surface area (TPSA) is 88.2 Å². The van der Waals surface area contributed by atoms with Gasteiger partial charge in [-0.05, 0) is 25.8 Å². The standard InChI is InChI=1S/C13H21N3O2/c1-4-13(5-2,8-17)16-12(18)11-6-10(14)7-15-9(11)3/h6-7,17H,4-5,8,14H2,1-3H3,(H,16,18). The zero-order valence-corrected chi connectivity index (χ0v) is 11.2. The van der Waals surface area contributed by atoms with Crippen LogP contribution in [0.5, 0.6) is 0 Å². The number of hydrogen-bond donors (Lipinski definition) is 3. The molecule has 0 fully saturated rings. The van der Waals surface area contributed by atoms with Gasteiger partial charge in [0.05, 0.1) is 35.3 Å². The molecular formula is C13H21N3O2. The van der Waals surface area contributed by atoms with Crippen molar-refractivity contribution in [1.82, 2.24) is 10.3 Å². The number of pyridine rings is 1. The van der Waals surface area contributed by atoms with Crippen LogP contribution in [0.15, 0.2) is 12.3 Å². The molecule has 1 aromatic rings. The molecule has 0 aliphatic heterocycles. The van der Waals surface area contributed by atoms with Crippen molar-refractivity contribution in [3.05, 3.63) is 23.5 Å². The van der Waals surface area contributed by atoms with E-state index in [4.69, 9.17) is 5.73 Å². The number of hydrogen-bond acceptors (Lipinski definition) is 4. The van der Waals surface area contributed by atoms with Gasteiger partial charge in [0.25, 0.3) is 5.91 Å². The third kappa shape index (κ3) is 2.98. The largest absolute Gasteiger partial charge is 0.397 e. The Morgan fingerprint density at radius 2 is 2.11 bits per heavy atom. The van der Waals surface area contributed by atoms with Crippen LogP contribution < -0.4 is 11.1 Å². The van der Waals surface area contributed by atoms with Crippen LogP contribution in [0.2, 0.25) is 0 Å². The molecule has 0 saturated heterocycles. The number of nitrogens with two attached hydrogens (primary N) is 1. The van der Waals surface area contributed by atoms with Crippen molar-refractivity contribution in [1.29, 1.82) is 0 Å². The Labute approximate surface area is 107 Å². The third-order valence-electron chi connectivity index (χ3n) is 3.39. The Morgan fingerprint density at radius 1 is 1.50 bits per heavy atom. The average Bonchev–Trinajstić information content (AvgIpc) is 2.38. The number of nitrogen functional groups attached to an aromatic ring is 1. The fourth-order valence-corrected chi connectivity index (χ4v) is 1.78. The lowest BCUT2D eigenvalue weighted by Crippen LogP contribution is -2.50. The molecule has 1 rings (SSSR count). The maximum Gasteiger partial charge on any atom is 0.253 e. The summed E-state index contributed by atoms with van der Waals surface area (Å²) < 4.78 is 0. The molecule has 0 aliphatic rings. The number of carbonyl (C=O) groups is 1. The molecule has 5 nitrogen and oxygen atoms in total. The molecule has 0 unspecified atom stereocenters. The summed E-state index contributed by atoms with van der Waals surface area (Å²) in [6.45, 7) is 5.54. The van der Waals surface area contributed by atoms with E-state index in [0.717, 1.165) is 0 Å². The molecule has 0 saturated carbocycles. The Morgan fingerprint density at radius 3 is 2.61 bits per heavy atom. The van der Waals surface area contributed by atoms with Crippen molar-refractivity contribution in [3.63, 3.8) is 0 Å². The molecule has 5 heteroatoms. The molecular weight excluding hydrogens is 230 g/mol. The molecule has 1 amide bonds. The molecule has 1 heterocycles. The first-order valence-corrected chi connectivity index (χ1v) is 6.13. The lowest BCUT2D eigenvalue weighted by atomic mass is 9.93. The predicted molar refractivity (Wildman–Crippen MR) is 71.3 cm³/mol. The number of nitrogens with zero attached hydrogens (tertiary/aromatic N) is 1. The van der Waals surface area contributed by atoms with Crippen LogP contribution in [0, 0.1) is 6.92 Å². The van der Waals surface area contributed by atoms with E-state index < -0.39 is 5.54 Å². The lowest BCUT2D eigenvalue weighted by Gasteiger charge is -2.30. The van der Waals surface area contributed by atoms with Crippen LogP contribution in [0.1, 0.15) is 42.7 Å².